The molecule has 0 aromatic heterocycles. The first kappa shape index (κ1) is 28.6. The topological polar surface area (TPSA) is 115 Å². The lowest BCUT2D eigenvalue weighted by atomic mass is 10.2. The molecule has 0 radical (unpaired) electrons. The lowest BCUT2D eigenvalue weighted by Crippen LogP contribution is -2.34. The number of alkyl carbamates (subject to hydrolysis) is 2. The molecule has 0 unspecified atom stereocenters. The fourth-order valence-electron chi connectivity index (χ4n) is 1.49. The monoisotopic (exact) mass is 408 g/mol. The van der Waals surface area contributed by atoms with Crippen LogP contribution in [0, 0.1) is 0 Å². The van der Waals surface area contributed by atoms with Gasteiger partial charge in [0.2, 0.25) is 0 Å². The predicted molar refractivity (Wildman–Crippen MR) is 107 cm³/mol. The third kappa shape index (κ3) is 26.6. The van der Waals surface area contributed by atoms with E-state index >= 15 is 0 Å². The van der Waals surface area contributed by atoms with Gasteiger partial charge in [0.15, 0.2) is 0 Å². The van der Waals surface area contributed by atoms with Crippen LogP contribution in [0.5, 0.6) is 0 Å². The van der Waals surface area contributed by atoms with Gasteiger partial charge in [-0.15, -0.1) is 0 Å². The van der Waals surface area contributed by atoms with Crippen LogP contribution in [-0.2, 0) is 18.9 Å². The molecule has 0 saturated carbocycles. The SMILES string of the molecule is CC(C)(C)OC(=O)NCCOCCO.CCCOCCNC(=O)OC(C)(C)C. The van der Waals surface area contributed by atoms with Crippen molar-refractivity contribution < 1.29 is 33.6 Å². The summed E-state index contributed by atoms with van der Waals surface area (Å²) in [4.78, 5) is 22.2. The van der Waals surface area contributed by atoms with E-state index in [-0.39, 0.29) is 13.2 Å². The first-order valence-electron chi connectivity index (χ1n) is 9.61. The molecule has 28 heavy (non-hydrogen) atoms. The van der Waals surface area contributed by atoms with Gasteiger partial charge in [-0.1, -0.05) is 6.92 Å². The minimum Gasteiger partial charge on any atom is -0.444 e. The Labute approximate surface area is 169 Å². The Morgan fingerprint density at radius 1 is 0.750 bits per heavy atom. The molecule has 0 aromatic carbocycles. The second kappa shape index (κ2) is 16.4. The molecule has 0 spiro atoms. The zero-order valence-electron chi connectivity index (χ0n) is 18.6. The van der Waals surface area contributed by atoms with Gasteiger partial charge in [0.1, 0.15) is 11.2 Å². The first-order valence-corrected chi connectivity index (χ1v) is 9.61. The van der Waals surface area contributed by atoms with E-state index < -0.39 is 23.4 Å². The van der Waals surface area contributed by atoms with E-state index in [0.717, 1.165) is 13.0 Å². The first-order chi connectivity index (χ1) is 12.9. The second-order valence-corrected chi connectivity index (χ2v) is 7.81. The van der Waals surface area contributed by atoms with Gasteiger partial charge in [0.25, 0.3) is 0 Å². The molecule has 0 heterocycles. The fourth-order valence-corrected chi connectivity index (χ4v) is 1.49. The van der Waals surface area contributed by atoms with Crippen LogP contribution in [0.4, 0.5) is 9.59 Å². The Morgan fingerprint density at radius 2 is 1.14 bits per heavy atom. The van der Waals surface area contributed by atoms with Crippen molar-refractivity contribution in [3.8, 4) is 0 Å². The van der Waals surface area contributed by atoms with Crippen LogP contribution >= 0.6 is 0 Å². The molecule has 0 fully saturated rings. The van der Waals surface area contributed by atoms with Crippen LogP contribution in [0.2, 0.25) is 0 Å². The highest BCUT2D eigenvalue weighted by molar-refractivity contribution is 5.67. The Morgan fingerprint density at radius 3 is 1.46 bits per heavy atom. The van der Waals surface area contributed by atoms with Gasteiger partial charge in [-0.3, -0.25) is 0 Å². The molecule has 0 bridgehead atoms. The lowest BCUT2D eigenvalue weighted by Gasteiger charge is -2.19. The summed E-state index contributed by atoms with van der Waals surface area (Å²) in [5.41, 5.74) is -0.912. The van der Waals surface area contributed by atoms with E-state index in [4.69, 9.17) is 24.1 Å². The molecule has 9 nitrogen and oxygen atoms in total. The number of aliphatic hydroxyl groups excluding tert-OH is 1. The maximum absolute atomic E-state index is 11.1. The van der Waals surface area contributed by atoms with Gasteiger partial charge < -0.3 is 34.7 Å². The highest BCUT2D eigenvalue weighted by Gasteiger charge is 2.16. The second-order valence-electron chi connectivity index (χ2n) is 7.81. The van der Waals surface area contributed by atoms with E-state index in [2.05, 4.69) is 10.6 Å². The zero-order chi connectivity index (χ0) is 22.1. The third-order valence-corrected chi connectivity index (χ3v) is 2.41. The number of rotatable bonds is 10. The molecule has 0 aliphatic rings. The number of aliphatic hydroxyl groups is 1. The molecule has 0 aliphatic carbocycles. The Balaban J connectivity index is 0. The molecule has 3 N–H and O–H groups in total. The summed E-state index contributed by atoms with van der Waals surface area (Å²) in [7, 11) is 0. The van der Waals surface area contributed by atoms with Crippen molar-refractivity contribution >= 4 is 12.2 Å². The summed E-state index contributed by atoms with van der Waals surface area (Å²) in [5, 5.41) is 13.5. The van der Waals surface area contributed by atoms with Crippen molar-refractivity contribution in [3.05, 3.63) is 0 Å². The number of carbonyl (C=O) groups excluding carboxylic acids is 2. The Bertz CT molecular complexity index is 366. The van der Waals surface area contributed by atoms with Crippen molar-refractivity contribution in [1.82, 2.24) is 10.6 Å². The van der Waals surface area contributed by atoms with Gasteiger partial charge in [-0.05, 0) is 48.0 Å². The molecule has 0 aromatic rings. The molecule has 9 heteroatoms. The van der Waals surface area contributed by atoms with Crippen LogP contribution in [0.3, 0.4) is 0 Å². The Hall–Kier alpha value is -1.58. The smallest absolute Gasteiger partial charge is 0.407 e. The fraction of sp³-hybridized carbons (Fsp3) is 0.895. The molecule has 0 saturated heterocycles. The summed E-state index contributed by atoms with van der Waals surface area (Å²) >= 11 is 0. The van der Waals surface area contributed by atoms with Crippen molar-refractivity contribution in [2.24, 2.45) is 0 Å². The highest BCUT2D eigenvalue weighted by Crippen LogP contribution is 2.06. The number of carbonyl (C=O) groups is 2. The van der Waals surface area contributed by atoms with Gasteiger partial charge in [-0.25, -0.2) is 9.59 Å². The summed E-state index contributed by atoms with van der Waals surface area (Å²) in [6, 6.07) is 0. The number of hydrogen-bond donors (Lipinski definition) is 3. The van der Waals surface area contributed by atoms with Gasteiger partial charge in [0, 0.05) is 19.7 Å². The largest absolute Gasteiger partial charge is 0.444 e. The minimum atomic E-state index is -0.476. The average Bonchev–Trinajstić information content (AvgIpc) is 2.52. The Kier molecular flexibility index (Phi) is 16.7. The maximum Gasteiger partial charge on any atom is 0.407 e. The van der Waals surface area contributed by atoms with Crippen LogP contribution in [0.15, 0.2) is 0 Å². The number of ether oxygens (including phenoxy) is 4. The lowest BCUT2D eigenvalue weighted by molar-refractivity contribution is 0.0479. The van der Waals surface area contributed by atoms with Crippen LogP contribution in [0.1, 0.15) is 54.9 Å². The zero-order valence-corrected chi connectivity index (χ0v) is 18.6. The minimum absolute atomic E-state index is 0.00750. The highest BCUT2D eigenvalue weighted by atomic mass is 16.6. The van der Waals surface area contributed by atoms with Crippen molar-refractivity contribution in [2.45, 2.75) is 66.1 Å². The number of amides is 2. The molecule has 0 atom stereocenters. The predicted octanol–water partition coefficient (Wildman–Crippen LogP) is 2.46. The molecule has 0 aliphatic heterocycles. The molecular weight excluding hydrogens is 368 g/mol. The normalized spacial score (nSPS) is 11.1. The molecule has 168 valence electrons. The van der Waals surface area contributed by atoms with Crippen LogP contribution < -0.4 is 10.6 Å². The van der Waals surface area contributed by atoms with E-state index in [9.17, 15) is 9.59 Å². The van der Waals surface area contributed by atoms with Crippen molar-refractivity contribution in [3.63, 3.8) is 0 Å². The van der Waals surface area contributed by atoms with Gasteiger partial charge in [-0.2, -0.15) is 0 Å². The van der Waals surface area contributed by atoms with Crippen LogP contribution in [0.25, 0.3) is 0 Å². The quantitative estimate of drug-likeness (QED) is 0.476. The average molecular weight is 409 g/mol. The van der Waals surface area contributed by atoms with E-state index in [1.807, 2.05) is 27.7 Å². The van der Waals surface area contributed by atoms with Crippen molar-refractivity contribution in [1.29, 1.82) is 0 Å². The summed E-state index contributed by atoms with van der Waals surface area (Å²) in [6.45, 7) is 15.7. The van der Waals surface area contributed by atoms with Crippen molar-refractivity contribution in [2.75, 3.05) is 46.1 Å². The van der Waals surface area contributed by atoms with E-state index in [1.165, 1.54) is 0 Å². The number of nitrogens with one attached hydrogen (secondary N) is 2. The molecule has 0 rings (SSSR count). The van der Waals surface area contributed by atoms with Gasteiger partial charge >= 0.3 is 12.2 Å². The third-order valence-electron chi connectivity index (χ3n) is 2.41. The summed E-state index contributed by atoms with van der Waals surface area (Å²) in [6.07, 6.45) is 0.148. The molecule has 2 amide bonds. The summed E-state index contributed by atoms with van der Waals surface area (Å²) < 4.78 is 20.2. The van der Waals surface area contributed by atoms with Crippen LogP contribution in [-0.4, -0.2) is 74.6 Å². The number of hydrogen-bond acceptors (Lipinski definition) is 7. The standard InChI is InChI=1S/C10H21NO3.C9H19NO4/c1-5-7-13-8-6-11-9(12)14-10(2,3)4;1-9(2,3)14-8(12)10-4-6-13-7-5-11/h5-8H2,1-4H3,(H,11,12);11H,4-7H2,1-3H3,(H,10,12). The molecular formula is C19H40N2O7. The summed E-state index contributed by atoms with van der Waals surface area (Å²) in [5.74, 6) is 0. The van der Waals surface area contributed by atoms with E-state index in [0.29, 0.717) is 26.3 Å². The van der Waals surface area contributed by atoms with E-state index in [1.54, 1.807) is 20.8 Å². The maximum atomic E-state index is 11.1. The van der Waals surface area contributed by atoms with Gasteiger partial charge in [0.05, 0.1) is 26.4 Å².